The normalized spacial score (nSPS) is 13.1. The van der Waals surface area contributed by atoms with Crippen LogP contribution in [0.3, 0.4) is 0 Å². The fourth-order valence-corrected chi connectivity index (χ4v) is 3.39. The lowest BCUT2D eigenvalue weighted by atomic mass is 10.0. The van der Waals surface area contributed by atoms with E-state index in [1.165, 1.54) is 24.3 Å². The van der Waals surface area contributed by atoms with Gasteiger partial charge in [0.15, 0.2) is 9.84 Å². The summed E-state index contributed by atoms with van der Waals surface area (Å²) in [6.07, 6.45) is 2.97. The van der Waals surface area contributed by atoms with Gasteiger partial charge in [-0.05, 0) is 43.5 Å². The summed E-state index contributed by atoms with van der Waals surface area (Å²) in [6, 6.07) is 5.81. The summed E-state index contributed by atoms with van der Waals surface area (Å²) in [5.74, 6) is -0.372. The second-order valence-corrected chi connectivity index (χ2v) is 8.43. The van der Waals surface area contributed by atoms with Crippen molar-refractivity contribution in [1.82, 2.24) is 5.32 Å². The molecule has 0 radical (unpaired) electrons. The molecule has 1 aromatic carbocycles. The summed E-state index contributed by atoms with van der Waals surface area (Å²) >= 11 is 5.73. The van der Waals surface area contributed by atoms with Crippen LogP contribution in [0.4, 0.5) is 0 Å². The first kappa shape index (κ1) is 19.0. The van der Waals surface area contributed by atoms with Gasteiger partial charge in [0.1, 0.15) is 5.75 Å². The number of rotatable bonds is 8. The number of hydrogen-bond acceptors (Lipinski definition) is 3. The summed E-state index contributed by atoms with van der Waals surface area (Å²) in [4.78, 5) is 12.0. The first-order valence-electron chi connectivity index (χ1n) is 7.48. The summed E-state index contributed by atoms with van der Waals surface area (Å²) in [5.41, 5.74) is 0. The Morgan fingerprint density at radius 3 is 2.27 bits per heavy atom. The number of amides is 1. The Kier molecular flexibility index (Phi) is 7.36. The van der Waals surface area contributed by atoms with E-state index in [4.69, 9.17) is 11.6 Å². The van der Waals surface area contributed by atoms with Crippen molar-refractivity contribution in [3.63, 3.8) is 0 Å². The lowest BCUT2D eigenvalue weighted by Gasteiger charge is -2.14. The number of nitrogens with one attached hydrogen (secondary N) is 1. The summed E-state index contributed by atoms with van der Waals surface area (Å²) in [6.45, 7) is 6.21. The molecule has 0 fully saturated rings. The Bertz CT molecular complexity index is 582. The molecule has 0 aliphatic carbocycles. The second kappa shape index (κ2) is 8.53. The zero-order chi connectivity index (χ0) is 16.8. The Morgan fingerprint density at radius 2 is 1.73 bits per heavy atom. The van der Waals surface area contributed by atoms with Gasteiger partial charge in [0.25, 0.3) is 0 Å². The summed E-state index contributed by atoms with van der Waals surface area (Å²) in [5, 5.41) is 3.21. The molecule has 4 nitrogen and oxygen atoms in total. The zero-order valence-electron chi connectivity index (χ0n) is 13.3. The average molecular weight is 346 g/mol. The van der Waals surface area contributed by atoms with Crippen molar-refractivity contribution >= 4 is 27.3 Å². The van der Waals surface area contributed by atoms with Gasteiger partial charge < -0.3 is 5.32 Å². The molecule has 1 N–H and O–H groups in total. The third kappa shape index (κ3) is 6.79. The highest BCUT2D eigenvalue weighted by Gasteiger charge is 2.20. The van der Waals surface area contributed by atoms with E-state index in [2.05, 4.69) is 19.2 Å². The van der Waals surface area contributed by atoms with Gasteiger partial charge in [0.05, 0.1) is 4.90 Å². The minimum absolute atomic E-state index is 0.0216. The fourth-order valence-electron chi connectivity index (χ4n) is 2.12. The number of sulfone groups is 1. The summed E-state index contributed by atoms with van der Waals surface area (Å²) < 4.78 is 24.3. The Hall–Kier alpha value is -1.07. The molecular formula is C16H24ClNO3S. The Balaban J connectivity index is 2.51. The van der Waals surface area contributed by atoms with Crippen molar-refractivity contribution < 1.29 is 13.2 Å². The standard InChI is InChI=1S/C16H24ClNO3S/c1-12(2)5-4-6-13(3)18-16(19)11-22(20,21)15-9-7-14(17)8-10-15/h7-10,12-13H,4-6,11H2,1-3H3,(H,18,19). The van der Waals surface area contributed by atoms with Crippen LogP contribution in [-0.2, 0) is 14.6 Å². The van der Waals surface area contributed by atoms with Crippen molar-refractivity contribution in [3.05, 3.63) is 29.3 Å². The SMILES string of the molecule is CC(C)CCCC(C)NC(=O)CS(=O)(=O)c1ccc(Cl)cc1. The molecule has 0 spiro atoms. The largest absolute Gasteiger partial charge is 0.353 e. The molecule has 124 valence electrons. The summed E-state index contributed by atoms with van der Waals surface area (Å²) in [7, 11) is -3.63. The quantitative estimate of drug-likeness (QED) is 0.784. The van der Waals surface area contributed by atoms with E-state index in [9.17, 15) is 13.2 Å². The van der Waals surface area contributed by atoms with E-state index in [0.29, 0.717) is 10.9 Å². The van der Waals surface area contributed by atoms with Gasteiger partial charge >= 0.3 is 0 Å². The maximum absolute atomic E-state index is 12.1. The molecule has 0 saturated carbocycles. The number of hydrogen-bond donors (Lipinski definition) is 1. The van der Waals surface area contributed by atoms with Gasteiger partial charge in [-0.1, -0.05) is 38.3 Å². The Labute approximate surface area is 138 Å². The third-order valence-electron chi connectivity index (χ3n) is 3.32. The van der Waals surface area contributed by atoms with Crippen LogP contribution in [0.25, 0.3) is 0 Å². The number of carbonyl (C=O) groups is 1. The number of carbonyl (C=O) groups excluding carboxylic acids is 1. The van der Waals surface area contributed by atoms with Crippen LogP contribution in [0.15, 0.2) is 29.2 Å². The molecule has 0 aromatic heterocycles. The molecule has 22 heavy (non-hydrogen) atoms. The molecular weight excluding hydrogens is 322 g/mol. The molecule has 0 heterocycles. The molecule has 1 atom stereocenters. The topological polar surface area (TPSA) is 63.2 Å². The molecule has 1 amide bonds. The predicted octanol–water partition coefficient (Wildman–Crippen LogP) is 3.44. The van der Waals surface area contributed by atoms with Crippen molar-refractivity contribution in [2.75, 3.05) is 5.75 Å². The molecule has 0 saturated heterocycles. The third-order valence-corrected chi connectivity index (χ3v) is 5.20. The minimum Gasteiger partial charge on any atom is -0.353 e. The molecule has 0 aliphatic rings. The molecule has 1 unspecified atom stereocenters. The second-order valence-electron chi connectivity index (χ2n) is 6.01. The predicted molar refractivity (Wildman–Crippen MR) is 89.8 cm³/mol. The number of benzene rings is 1. The maximum Gasteiger partial charge on any atom is 0.235 e. The zero-order valence-corrected chi connectivity index (χ0v) is 14.9. The van der Waals surface area contributed by atoms with Crippen LogP contribution in [0.5, 0.6) is 0 Å². The van der Waals surface area contributed by atoms with Crippen LogP contribution in [0, 0.1) is 5.92 Å². The van der Waals surface area contributed by atoms with Gasteiger partial charge in [-0.2, -0.15) is 0 Å². The molecule has 6 heteroatoms. The molecule has 1 rings (SSSR count). The van der Waals surface area contributed by atoms with Crippen LogP contribution in [-0.4, -0.2) is 26.1 Å². The molecule has 0 bridgehead atoms. The highest BCUT2D eigenvalue weighted by Crippen LogP contribution is 2.15. The highest BCUT2D eigenvalue weighted by atomic mass is 35.5. The van der Waals surface area contributed by atoms with Gasteiger partial charge in [0, 0.05) is 11.1 Å². The van der Waals surface area contributed by atoms with Crippen molar-refractivity contribution in [2.24, 2.45) is 5.92 Å². The number of halogens is 1. The van der Waals surface area contributed by atoms with E-state index in [1.54, 1.807) is 0 Å². The highest BCUT2D eigenvalue weighted by molar-refractivity contribution is 7.92. The lowest BCUT2D eigenvalue weighted by molar-refractivity contribution is -0.119. The fraction of sp³-hybridized carbons (Fsp3) is 0.562. The van der Waals surface area contributed by atoms with Crippen molar-refractivity contribution in [1.29, 1.82) is 0 Å². The smallest absolute Gasteiger partial charge is 0.235 e. The lowest BCUT2D eigenvalue weighted by Crippen LogP contribution is -2.36. The first-order chi connectivity index (χ1) is 10.2. The van der Waals surface area contributed by atoms with Gasteiger partial charge in [-0.25, -0.2) is 8.42 Å². The van der Waals surface area contributed by atoms with E-state index in [1.807, 2.05) is 6.92 Å². The maximum atomic E-state index is 12.1. The van der Waals surface area contributed by atoms with Crippen molar-refractivity contribution in [2.45, 2.75) is 51.0 Å². The van der Waals surface area contributed by atoms with Crippen LogP contribution >= 0.6 is 11.6 Å². The average Bonchev–Trinajstić information content (AvgIpc) is 2.37. The minimum atomic E-state index is -3.63. The van der Waals surface area contributed by atoms with Crippen LogP contribution in [0.2, 0.25) is 5.02 Å². The van der Waals surface area contributed by atoms with Crippen molar-refractivity contribution in [3.8, 4) is 0 Å². The van der Waals surface area contributed by atoms with E-state index in [-0.39, 0.29) is 10.9 Å². The Morgan fingerprint density at radius 1 is 1.14 bits per heavy atom. The van der Waals surface area contributed by atoms with E-state index in [0.717, 1.165) is 19.3 Å². The van der Waals surface area contributed by atoms with Gasteiger partial charge in [-0.3, -0.25) is 4.79 Å². The van der Waals surface area contributed by atoms with Crippen LogP contribution in [0.1, 0.15) is 40.0 Å². The van der Waals surface area contributed by atoms with Gasteiger partial charge in [-0.15, -0.1) is 0 Å². The molecule has 1 aromatic rings. The molecule has 0 aliphatic heterocycles. The first-order valence-corrected chi connectivity index (χ1v) is 9.51. The van der Waals surface area contributed by atoms with E-state index >= 15 is 0 Å². The monoisotopic (exact) mass is 345 g/mol. The van der Waals surface area contributed by atoms with Gasteiger partial charge in [0.2, 0.25) is 5.91 Å². The van der Waals surface area contributed by atoms with Crippen LogP contribution < -0.4 is 5.32 Å². The van der Waals surface area contributed by atoms with E-state index < -0.39 is 21.5 Å².